The van der Waals surface area contributed by atoms with Gasteiger partial charge < -0.3 is 14.8 Å². The molecule has 0 radical (unpaired) electrons. The first-order valence-electron chi connectivity index (χ1n) is 9.71. The molecule has 5 nitrogen and oxygen atoms in total. The van der Waals surface area contributed by atoms with Gasteiger partial charge in [-0.2, -0.15) is 0 Å². The number of hydrogen-bond acceptors (Lipinski definition) is 4. The average Bonchev–Trinajstić information content (AvgIpc) is 2.71. The molecule has 0 unspecified atom stereocenters. The summed E-state index contributed by atoms with van der Waals surface area (Å²) in [6, 6.07) is 17.9. The summed E-state index contributed by atoms with van der Waals surface area (Å²) in [6.07, 6.45) is 0. The quantitative estimate of drug-likeness (QED) is 0.456. The second kappa shape index (κ2) is 9.27. The number of carbonyl (C=O) groups excluding carboxylic acids is 2. The Bertz CT molecular complexity index is 1050. The van der Waals surface area contributed by atoms with Crippen molar-refractivity contribution >= 4 is 17.6 Å². The summed E-state index contributed by atoms with van der Waals surface area (Å²) in [4.78, 5) is 24.5. The van der Waals surface area contributed by atoms with Gasteiger partial charge in [0.25, 0.3) is 5.91 Å². The highest BCUT2D eigenvalue weighted by Crippen LogP contribution is 2.23. The van der Waals surface area contributed by atoms with E-state index in [0.717, 1.165) is 27.9 Å². The van der Waals surface area contributed by atoms with E-state index in [4.69, 9.17) is 9.47 Å². The molecule has 0 bridgehead atoms. The Balaban J connectivity index is 1.55. The topological polar surface area (TPSA) is 64.6 Å². The molecule has 5 heteroatoms. The highest BCUT2D eigenvalue weighted by atomic mass is 16.6. The Morgan fingerprint density at radius 1 is 0.833 bits per heavy atom. The van der Waals surface area contributed by atoms with Crippen LogP contribution in [0.25, 0.3) is 0 Å². The molecule has 30 heavy (non-hydrogen) atoms. The number of anilines is 1. The second-order valence-corrected chi connectivity index (χ2v) is 7.31. The first kappa shape index (κ1) is 21.1. The second-order valence-electron chi connectivity index (χ2n) is 7.31. The molecule has 0 aliphatic rings. The van der Waals surface area contributed by atoms with Crippen LogP contribution in [0.3, 0.4) is 0 Å². The van der Waals surface area contributed by atoms with E-state index in [1.165, 1.54) is 0 Å². The molecule has 3 aromatic carbocycles. The van der Waals surface area contributed by atoms with Crippen LogP contribution in [0.5, 0.6) is 11.5 Å². The maximum Gasteiger partial charge on any atom is 0.349 e. The van der Waals surface area contributed by atoms with Gasteiger partial charge in [-0.3, -0.25) is 4.79 Å². The first-order valence-corrected chi connectivity index (χ1v) is 9.71. The maximum absolute atomic E-state index is 12.3. The average molecular weight is 403 g/mol. The zero-order valence-corrected chi connectivity index (χ0v) is 17.6. The molecular weight excluding hydrogens is 378 g/mol. The van der Waals surface area contributed by atoms with Crippen molar-refractivity contribution in [2.75, 3.05) is 11.9 Å². The third kappa shape index (κ3) is 5.47. The van der Waals surface area contributed by atoms with E-state index < -0.39 is 5.97 Å². The van der Waals surface area contributed by atoms with Crippen LogP contribution >= 0.6 is 0 Å². The van der Waals surface area contributed by atoms with E-state index >= 15 is 0 Å². The van der Waals surface area contributed by atoms with Crippen LogP contribution in [0, 0.1) is 27.7 Å². The number of rotatable bonds is 6. The fourth-order valence-corrected chi connectivity index (χ4v) is 2.96. The third-order valence-corrected chi connectivity index (χ3v) is 4.77. The molecule has 0 aliphatic carbocycles. The zero-order chi connectivity index (χ0) is 21.7. The number of carbonyl (C=O) groups is 2. The first-order chi connectivity index (χ1) is 14.3. The monoisotopic (exact) mass is 403 g/mol. The summed E-state index contributed by atoms with van der Waals surface area (Å²) in [7, 11) is 0. The number of benzene rings is 3. The highest BCUT2D eigenvalue weighted by Gasteiger charge is 2.11. The van der Waals surface area contributed by atoms with Gasteiger partial charge in [-0.25, -0.2) is 4.79 Å². The molecule has 0 fully saturated rings. The molecule has 3 rings (SSSR count). The predicted octanol–water partition coefficient (Wildman–Crippen LogP) is 5.16. The zero-order valence-electron chi connectivity index (χ0n) is 17.6. The van der Waals surface area contributed by atoms with E-state index in [1.807, 2.05) is 58.0 Å². The number of esters is 1. The lowest BCUT2D eigenvalue weighted by Crippen LogP contribution is -2.18. The summed E-state index contributed by atoms with van der Waals surface area (Å²) in [5.74, 6) is 0.288. The lowest BCUT2D eigenvalue weighted by atomic mass is 10.1. The normalized spacial score (nSPS) is 10.4. The van der Waals surface area contributed by atoms with Gasteiger partial charge in [-0.15, -0.1) is 0 Å². The summed E-state index contributed by atoms with van der Waals surface area (Å²) in [5.41, 5.74) is 5.49. The van der Waals surface area contributed by atoms with Crippen molar-refractivity contribution < 1.29 is 19.1 Å². The Kier molecular flexibility index (Phi) is 6.52. The Hall–Kier alpha value is -3.60. The Morgan fingerprint density at radius 3 is 2.17 bits per heavy atom. The van der Waals surface area contributed by atoms with E-state index in [2.05, 4.69) is 11.4 Å². The van der Waals surface area contributed by atoms with Gasteiger partial charge >= 0.3 is 5.97 Å². The van der Waals surface area contributed by atoms with Crippen LogP contribution < -0.4 is 14.8 Å². The van der Waals surface area contributed by atoms with Gasteiger partial charge in [-0.1, -0.05) is 23.8 Å². The van der Waals surface area contributed by atoms with Crippen LogP contribution in [0.1, 0.15) is 32.6 Å². The van der Waals surface area contributed by atoms with E-state index in [1.54, 1.807) is 24.3 Å². The largest absolute Gasteiger partial charge is 0.482 e. The molecule has 1 amide bonds. The molecule has 0 aromatic heterocycles. The van der Waals surface area contributed by atoms with Gasteiger partial charge in [0.1, 0.15) is 11.5 Å². The maximum atomic E-state index is 12.3. The standard InChI is InChI=1S/C25H25NO4/c1-16-5-9-21(10-6-16)26-25(28)20-7-11-22(12-8-20)30-24(27)15-29-23-14-17(2)13-18(3)19(23)4/h5-14H,15H2,1-4H3,(H,26,28). The molecule has 0 spiro atoms. The SMILES string of the molecule is Cc1ccc(NC(=O)c2ccc(OC(=O)COc3cc(C)cc(C)c3C)cc2)cc1. The van der Waals surface area contributed by atoms with Crippen molar-refractivity contribution in [3.05, 3.63) is 88.5 Å². The number of aryl methyl sites for hydroxylation is 3. The number of hydrogen-bond donors (Lipinski definition) is 1. The molecule has 0 aliphatic heterocycles. The molecule has 0 saturated carbocycles. The highest BCUT2D eigenvalue weighted by molar-refractivity contribution is 6.04. The van der Waals surface area contributed by atoms with Crippen LogP contribution in [0.15, 0.2) is 60.7 Å². The van der Waals surface area contributed by atoms with Crippen molar-refractivity contribution in [2.24, 2.45) is 0 Å². The van der Waals surface area contributed by atoms with Crippen LogP contribution in [0.2, 0.25) is 0 Å². The Labute approximate surface area is 176 Å². The molecule has 0 saturated heterocycles. The lowest BCUT2D eigenvalue weighted by molar-refractivity contribution is -0.136. The van der Waals surface area contributed by atoms with Crippen molar-refractivity contribution in [1.82, 2.24) is 0 Å². The molecule has 3 aromatic rings. The lowest BCUT2D eigenvalue weighted by Gasteiger charge is -2.12. The predicted molar refractivity (Wildman–Crippen MR) is 117 cm³/mol. The number of amides is 1. The van der Waals surface area contributed by atoms with Gasteiger partial charge in [0, 0.05) is 11.3 Å². The van der Waals surface area contributed by atoms with Crippen LogP contribution in [-0.4, -0.2) is 18.5 Å². The van der Waals surface area contributed by atoms with Crippen molar-refractivity contribution in [1.29, 1.82) is 0 Å². The third-order valence-electron chi connectivity index (χ3n) is 4.77. The minimum absolute atomic E-state index is 0.195. The Morgan fingerprint density at radius 2 is 1.50 bits per heavy atom. The molecule has 0 atom stereocenters. The van der Waals surface area contributed by atoms with Crippen molar-refractivity contribution in [2.45, 2.75) is 27.7 Å². The van der Waals surface area contributed by atoms with E-state index in [0.29, 0.717) is 17.1 Å². The van der Waals surface area contributed by atoms with Gasteiger partial charge in [0.15, 0.2) is 6.61 Å². The summed E-state index contributed by atoms with van der Waals surface area (Å²) < 4.78 is 10.9. The van der Waals surface area contributed by atoms with Crippen molar-refractivity contribution in [3.63, 3.8) is 0 Å². The fraction of sp³-hybridized carbons (Fsp3) is 0.200. The summed E-state index contributed by atoms with van der Waals surface area (Å²) >= 11 is 0. The van der Waals surface area contributed by atoms with E-state index in [-0.39, 0.29) is 12.5 Å². The molecular formula is C25H25NO4. The molecule has 154 valence electrons. The summed E-state index contributed by atoms with van der Waals surface area (Å²) in [6.45, 7) is 7.73. The van der Waals surface area contributed by atoms with Crippen molar-refractivity contribution in [3.8, 4) is 11.5 Å². The van der Waals surface area contributed by atoms with Crippen LogP contribution in [0.4, 0.5) is 5.69 Å². The minimum Gasteiger partial charge on any atom is -0.482 e. The van der Waals surface area contributed by atoms with Gasteiger partial charge in [-0.05, 0) is 86.8 Å². The summed E-state index contributed by atoms with van der Waals surface area (Å²) in [5, 5.41) is 2.83. The molecule has 1 N–H and O–H groups in total. The number of nitrogens with one attached hydrogen (secondary N) is 1. The fourth-order valence-electron chi connectivity index (χ4n) is 2.96. The van der Waals surface area contributed by atoms with Crippen LogP contribution in [-0.2, 0) is 4.79 Å². The minimum atomic E-state index is -0.509. The molecule has 0 heterocycles. The van der Waals surface area contributed by atoms with E-state index in [9.17, 15) is 9.59 Å². The van der Waals surface area contributed by atoms with Gasteiger partial charge in [0.2, 0.25) is 0 Å². The van der Waals surface area contributed by atoms with Gasteiger partial charge in [0.05, 0.1) is 0 Å². The smallest absolute Gasteiger partial charge is 0.349 e. The number of ether oxygens (including phenoxy) is 2.